The Morgan fingerprint density at radius 1 is 1.15 bits per heavy atom. The van der Waals surface area contributed by atoms with E-state index in [0.717, 1.165) is 10.8 Å². The fourth-order valence-corrected chi connectivity index (χ4v) is 2.53. The highest BCUT2D eigenvalue weighted by Crippen LogP contribution is 2.37. The predicted octanol–water partition coefficient (Wildman–Crippen LogP) is 2.60. The van der Waals surface area contributed by atoms with E-state index in [1.807, 2.05) is 42.5 Å². The van der Waals surface area contributed by atoms with E-state index in [4.69, 9.17) is 14.2 Å². The molecular weight excluding hydrogens is 256 g/mol. The van der Waals surface area contributed by atoms with Crippen LogP contribution >= 0.6 is 0 Å². The van der Waals surface area contributed by atoms with Crippen molar-refractivity contribution < 1.29 is 19.0 Å². The first-order valence-electron chi connectivity index (χ1n) is 6.71. The highest BCUT2D eigenvalue weighted by molar-refractivity contribution is 5.92. The van der Waals surface area contributed by atoms with Gasteiger partial charge in [0.15, 0.2) is 0 Å². The van der Waals surface area contributed by atoms with Gasteiger partial charge in [-0.3, -0.25) is 0 Å². The molecule has 0 aliphatic carbocycles. The van der Waals surface area contributed by atoms with E-state index in [1.54, 1.807) is 6.92 Å². The van der Waals surface area contributed by atoms with E-state index in [1.165, 1.54) is 0 Å². The Morgan fingerprint density at radius 2 is 1.85 bits per heavy atom. The van der Waals surface area contributed by atoms with Crippen LogP contribution in [0.2, 0.25) is 0 Å². The fourth-order valence-electron chi connectivity index (χ4n) is 2.53. The summed E-state index contributed by atoms with van der Waals surface area (Å²) in [5.41, 5.74) is 0.701. The molecule has 1 aliphatic heterocycles. The second kappa shape index (κ2) is 5.23. The van der Waals surface area contributed by atoms with Crippen LogP contribution in [0.25, 0.3) is 10.8 Å². The number of ether oxygens (including phenoxy) is 3. The minimum absolute atomic E-state index is 0.290. The van der Waals surface area contributed by atoms with E-state index < -0.39 is 11.8 Å². The summed E-state index contributed by atoms with van der Waals surface area (Å²) in [5, 5.41) is 1.97. The molecule has 104 valence electrons. The van der Waals surface area contributed by atoms with Gasteiger partial charge >= 0.3 is 5.97 Å². The number of rotatable bonds is 3. The van der Waals surface area contributed by atoms with Gasteiger partial charge in [-0.25, -0.2) is 4.79 Å². The lowest BCUT2D eigenvalue weighted by atomic mass is 9.98. The van der Waals surface area contributed by atoms with Gasteiger partial charge in [0.2, 0.25) is 0 Å². The minimum Gasteiger partial charge on any atom is -0.462 e. The number of fused-ring (bicyclic) bond motifs is 1. The number of hydrogen-bond acceptors (Lipinski definition) is 4. The summed E-state index contributed by atoms with van der Waals surface area (Å²) in [4.78, 5) is 12.3. The average Bonchev–Trinajstić information content (AvgIpc) is 2.97. The molecule has 0 saturated carbocycles. The summed E-state index contributed by atoms with van der Waals surface area (Å²) < 4.78 is 16.4. The van der Waals surface area contributed by atoms with Crippen LogP contribution in [0.1, 0.15) is 12.5 Å². The Labute approximate surface area is 117 Å². The van der Waals surface area contributed by atoms with Gasteiger partial charge in [-0.15, -0.1) is 0 Å². The summed E-state index contributed by atoms with van der Waals surface area (Å²) in [6.45, 7) is 2.81. The first kappa shape index (κ1) is 13.1. The molecule has 0 amide bonds. The monoisotopic (exact) mass is 272 g/mol. The van der Waals surface area contributed by atoms with Crippen molar-refractivity contribution in [1.82, 2.24) is 0 Å². The Bertz CT molecular complexity index is 624. The largest absolute Gasteiger partial charge is 0.462 e. The summed E-state index contributed by atoms with van der Waals surface area (Å²) in [5.74, 6) is -1.93. The van der Waals surface area contributed by atoms with Crippen LogP contribution in [-0.2, 0) is 24.8 Å². The third-order valence-corrected chi connectivity index (χ3v) is 3.38. The molecular formula is C16H16O4. The van der Waals surface area contributed by atoms with Gasteiger partial charge in [0, 0.05) is 5.56 Å². The minimum atomic E-state index is -1.43. The zero-order valence-corrected chi connectivity index (χ0v) is 11.3. The van der Waals surface area contributed by atoms with E-state index in [9.17, 15) is 4.79 Å². The Hall–Kier alpha value is -1.91. The van der Waals surface area contributed by atoms with Crippen molar-refractivity contribution in [3.8, 4) is 0 Å². The normalized spacial score (nSPS) is 17.2. The van der Waals surface area contributed by atoms with Gasteiger partial charge < -0.3 is 14.2 Å². The highest BCUT2D eigenvalue weighted by atomic mass is 16.8. The molecule has 3 rings (SSSR count). The van der Waals surface area contributed by atoms with Crippen molar-refractivity contribution >= 4 is 16.7 Å². The van der Waals surface area contributed by atoms with Crippen LogP contribution in [0, 0.1) is 0 Å². The van der Waals surface area contributed by atoms with Crippen LogP contribution in [0.3, 0.4) is 0 Å². The van der Waals surface area contributed by atoms with E-state index in [-0.39, 0.29) is 6.61 Å². The van der Waals surface area contributed by atoms with Gasteiger partial charge in [0.05, 0.1) is 19.8 Å². The van der Waals surface area contributed by atoms with Crippen LogP contribution in [0.15, 0.2) is 42.5 Å². The number of esters is 1. The first-order chi connectivity index (χ1) is 9.78. The smallest absolute Gasteiger partial charge is 0.372 e. The maximum Gasteiger partial charge on any atom is 0.372 e. The maximum atomic E-state index is 12.3. The van der Waals surface area contributed by atoms with Gasteiger partial charge in [-0.05, 0) is 17.7 Å². The number of hydrogen-bond donors (Lipinski definition) is 0. The molecule has 1 aliphatic rings. The van der Waals surface area contributed by atoms with Crippen LogP contribution < -0.4 is 0 Å². The zero-order valence-electron chi connectivity index (χ0n) is 11.3. The molecule has 1 heterocycles. The molecule has 1 saturated heterocycles. The van der Waals surface area contributed by atoms with Crippen molar-refractivity contribution in [3.05, 3.63) is 48.0 Å². The lowest BCUT2D eigenvalue weighted by molar-refractivity contribution is -0.210. The highest BCUT2D eigenvalue weighted by Gasteiger charge is 2.48. The maximum absolute atomic E-state index is 12.3. The second-order valence-electron chi connectivity index (χ2n) is 4.56. The van der Waals surface area contributed by atoms with Gasteiger partial charge in [-0.2, -0.15) is 0 Å². The standard InChI is InChI=1S/C16H16O4/c1-2-18-15(17)16(19-10-11-20-16)14-9-5-7-12-6-3-4-8-13(12)14/h3-9H,2,10-11H2,1H3. The number of carbonyl (C=O) groups excluding carboxylic acids is 1. The lowest BCUT2D eigenvalue weighted by Gasteiger charge is -2.26. The Morgan fingerprint density at radius 3 is 2.60 bits per heavy atom. The van der Waals surface area contributed by atoms with Crippen molar-refractivity contribution in [2.75, 3.05) is 19.8 Å². The van der Waals surface area contributed by atoms with Crippen molar-refractivity contribution in [3.63, 3.8) is 0 Å². The Kier molecular flexibility index (Phi) is 3.42. The van der Waals surface area contributed by atoms with E-state index >= 15 is 0 Å². The molecule has 0 aromatic heterocycles. The molecule has 4 nitrogen and oxygen atoms in total. The predicted molar refractivity (Wildman–Crippen MR) is 74.2 cm³/mol. The summed E-state index contributed by atoms with van der Waals surface area (Å²) >= 11 is 0. The van der Waals surface area contributed by atoms with Crippen molar-refractivity contribution in [2.24, 2.45) is 0 Å². The summed E-state index contributed by atoms with van der Waals surface area (Å²) in [6, 6.07) is 13.6. The second-order valence-corrected chi connectivity index (χ2v) is 4.56. The molecule has 1 fully saturated rings. The van der Waals surface area contributed by atoms with Crippen LogP contribution in [-0.4, -0.2) is 25.8 Å². The van der Waals surface area contributed by atoms with Crippen molar-refractivity contribution in [2.45, 2.75) is 12.7 Å². The number of carbonyl (C=O) groups is 1. The van der Waals surface area contributed by atoms with E-state index in [0.29, 0.717) is 18.8 Å². The zero-order chi connectivity index (χ0) is 14.0. The Balaban J connectivity index is 2.17. The molecule has 2 aromatic carbocycles. The molecule has 0 atom stereocenters. The molecule has 0 spiro atoms. The summed E-state index contributed by atoms with van der Waals surface area (Å²) in [6.07, 6.45) is 0. The van der Waals surface area contributed by atoms with E-state index in [2.05, 4.69) is 0 Å². The molecule has 20 heavy (non-hydrogen) atoms. The van der Waals surface area contributed by atoms with Crippen LogP contribution in [0.5, 0.6) is 0 Å². The van der Waals surface area contributed by atoms with Gasteiger partial charge in [-0.1, -0.05) is 42.5 Å². The fraction of sp³-hybridized carbons (Fsp3) is 0.312. The van der Waals surface area contributed by atoms with Crippen LogP contribution in [0.4, 0.5) is 0 Å². The molecule has 2 aromatic rings. The SMILES string of the molecule is CCOC(=O)C1(c2cccc3ccccc23)OCCO1. The molecule has 0 bridgehead atoms. The molecule has 4 heteroatoms. The van der Waals surface area contributed by atoms with Gasteiger partial charge in [0.1, 0.15) is 0 Å². The topological polar surface area (TPSA) is 44.8 Å². The molecule has 0 N–H and O–H groups in total. The van der Waals surface area contributed by atoms with Crippen molar-refractivity contribution in [1.29, 1.82) is 0 Å². The number of benzene rings is 2. The molecule has 0 radical (unpaired) electrons. The lowest BCUT2D eigenvalue weighted by Crippen LogP contribution is -2.38. The molecule has 0 unspecified atom stereocenters. The summed E-state index contributed by atoms with van der Waals surface area (Å²) in [7, 11) is 0. The van der Waals surface area contributed by atoms with Gasteiger partial charge in [0.25, 0.3) is 5.79 Å². The first-order valence-corrected chi connectivity index (χ1v) is 6.71. The third-order valence-electron chi connectivity index (χ3n) is 3.38. The third kappa shape index (κ3) is 1.97. The average molecular weight is 272 g/mol. The quantitative estimate of drug-likeness (QED) is 0.806.